The van der Waals surface area contributed by atoms with Gasteiger partial charge in [-0.25, -0.2) is 0 Å². The van der Waals surface area contributed by atoms with Crippen molar-refractivity contribution in [3.8, 4) is 11.5 Å². The summed E-state index contributed by atoms with van der Waals surface area (Å²) in [4.78, 5) is 26.3. The van der Waals surface area contributed by atoms with Crippen LogP contribution in [0.5, 0.6) is 11.5 Å². The molecule has 0 saturated heterocycles. The lowest BCUT2D eigenvalue weighted by Gasteiger charge is -2.33. The van der Waals surface area contributed by atoms with E-state index < -0.39 is 11.0 Å². The maximum absolute atomic E-state index is 13.4. The second kappa shape index (κ2) is 9.70. The molecule has 0 aromatic heterocycles. The number of carbonyl (C=O) groups is 1. The number of nitro benzene ring substituents is 1. The zero-order valence-electron chi connectivity index (χ0n) is 18.4. The Morgan fingerprint density at radius 1 is 1.12 bits per heavy atom. The SMILES string of the molecule is Cc1ccc(NC(=O)C(c2ccccc2)N(C)CC2COc3ccccc3O2)c([N+](=O)[O-])c1. The lowest BCUT2D eigenvalue weighted by atomic mass is 10.0. The molecule has 33 heavy (non-hydrogen) atoms. The van der Waals surface area contributed by atoms with E-state index in [4.69, 9.17) is 9.47 Å². The number of rotatable bonds is 7. The standard InChI is InChI=1S/C25H25N3O5/c1-17-12-13-20(21(14-17)28(30)31)26-25(29)24(18-8-4-3-5-9-18)27(2)15-19-16-32-22-10-6-7-11-23(22)33-19/h3-14,19,24H,15-16H2,1-2H3,(H,26,29). The van der Waals surface area contributed by atoms with Crippen LogP contribution in [0.4, 0.5) is 11.4 Å². The Bertz CT molecular complexity index is 1150. The fourth-order valence-corrected chi connectivity index (χ4v) is 3.92. The zero-order valence-corrected chi connectivity index (χ0v) is 18.4. The molecule has 3 aromatic rings. The summed E-state index contributed by atoms with van der Waals surface area (Å²) in [5.41, 5.74) is 1.53. The summed E-state index contributed by atoms with van der Waals surface area (Å²) in [6, 6.07) is 20.8. The molecule has 1 aliphatic rings. The highest BCUT2D eigenvalue weighted by Gasteiger charge is 2.31. The number of benzene rings is 3. The molecule has 0 saturated carbocycles. The molecule has 8 nitrogen and oxygen atoms in total. The highest BCUT2D eigenvalue weighted by atomic mass is 16.6. The lowest BCUT2D eigenvalue weighted by molar-refractivity contribution is -0.384. The van der Waals surface area contributed by atoms with E-state index in [0.29, 0.717) is 24.7 Å². The summed E-state index contributed by atoms with van der Waals surface area (Å²) in [5.74, 6) is 0.992. The Labute approximate surface area is 191 Å². The Morgan fingerprint density at radius 2 is 1.82 bits per heavy atom. The molecule has 0 fully saturated rings. The molecule has 1 N–H and O–H groups in total. The minimum Gasteiger partial charge on any atom is -0.486 e. The van der Waals surface area contributed by atoms with Gasteiger partial charge in [-0.2, -0.15) is 0 Å². The first-order chi connectivity index (χ1) is 15.9. The second-order valence-corrected chi connectivity index (χ2v) is 8.02. The predicted molar refractivity (Wildman–Crippen MR) is 125 cm³/mol. The number of para-hydroxylation sites is 2. The Balaban J connectivity index is 1.56. The molecule has 1 aliphatic heterocycles. The van der Waals surface area contributed by atoms with Crippen LogP contribution in [-0.2, 0) is 4.79 Å². The Hall–Kier alpha value is -3.91. The first-order valence-corrected chi connectivity index (χ1v) is 10.6. The second-order valence-electron chi connectivity index (χ2n) is 8.02. The number of likely N-dealkylation sites (N-methyl/N-ethyl adjacent to an activating group) is 1. The summed E-state index contributed by atoms with van der Waals surface area (Å²) < 4.78 is 11.9. The molecule has 0 spiro atoms. The van der Waals surface area contributed by atoms with Gasteiger partial charge in [0.2, 0.25) is 5.91 Å². The van der Waals surface area contributed by atoms with Gasteiger partial charge < -0.3 is 14.8 Å². The van der Waals surface area contributed by atoms with Crippen LogP contribution in [0.2, 0.25) is 0 Å². The number of hydrogen-bond donors (Lipinski definition) is 1. The smallest absolute Gasteiger partial charge is 0.293 e. The van der Waals surface area contributed by atoms with E-state index in [0.717, 1.165) is 11.1 Å². The first-order valence-electron chi connectivity index (χ1n) is 10.6. The van der Waals surface area contributed by atoms with Crippen LogP contribution in [0.15, 0.2) is 72.8 Å². The largest absolute Gasteiger partial charge is 0.486 e. The van der Waals surface area contributed by atoms with Crippen molar-refractivity contribution in [1.29, 1.82) is 0 Å². The van der Waals surface area contributed by atoms with Gasteiger partial charge in [-0.15, -0.1) is 0 Å². The van der Waals surface area contributed by atoms with Gasteiger partial charge in [-0.1, -0.05) is 48.5 Å². The van der Waals surface area contributed by atoms with Crippen molar-refractivity contribution < 1.29 is 19.2 Å². The quantitative estimate of drug-likeness (QED) is 0.427. The van der Waals surface area contributed by atoms with Gasteiger partial charge in [0.25, 0.3) is 5.69 Å². The maximum atomic E-state index is 13.4. The summed E-state index contributed by atoms with van der Waals surface area (Å²) in [6.07, 6.45) is -0.280. The van der Waals surface area contributed by atoms with Crippen molar-refractivity contribution in [1.82, 2.24) is 4.90 Å². The number of anilines is 1. The summed E-state index contributed by atoms with van der Waals surface area (Å²) in [7, 11) is 1.82. The number of nitrogens with zero attached hydrogens (tertiary/aromatic N) is 2. The summed E-state index contributed by atoms with van der Waals surface area (Å²) >= 11 is 0. The van der Waals surface area contributed by atoms with E-state index in [2.05, 4.69) is 5.32 Å². The van der Waals surface area contributed by atoms with Crippen molar-refractivity contribution in [2.24, 2.45) is 0 Å². The van der Waals surface area contributed by atoms with Crippen LogP contribution in [0.3, 0.4) is 0 Å². The molecule has 2 atom stereocenters. The topological polar surface area (TPSA) is 93.9 Å². The number of carbonyl (C=O) groups excluding carboxylic acids is 1. The molecule has 0 aliphatic carbocycles. The van der Waals surface area contributed by atoms with E-state index in [1.54, 1.807) is 19.1 Å². The van der Waals surface area contributed by atoms with E-state index in [-0.39, 0.29) is 23.4 Å². The number of hydrogen-bond acceptors (Lipinski definition) is 6. The van der Waals surface area contributed by atoms with Crippen LogP contribution in [0.1, 0.15) is 17.2 Å². The maximum Gasteiger partial charge on any atom is 0.293 e. The average Bonchev–Trinajstić information content (AvgIpc) is 2.81. The number of ether oxygens (including phenoxy) is 2. The molecule has 170 valence electrons. The van der Waals surface area contributed by atoms with Crippen LogP contribution >= 0.6 is 0 Å². The minimum absolute atomic E-state index is 0.140. The third-order valence-corrected chi connectivity index (χ3v) is 5.47. The van der Waals surface area contributed by atoms with Crippen LogP contribution in [0, 0.1) is 17.0 Å². The Kier molecular flexibility index (Phi) is 6.55. The number of nitrogens with one attached hydrogen (secondary N) is 1. The third kappa shape index (κ3) is 5.12. The van der Waals surface area contributed by atoms with Crippen LogP contribution < -0.4 is 14.8 Å². The number of aryl methyl sites for hydroxylation is 1. The molecule has 0 bridgehead atoms. The minimum atomic E-state index is -0.687. The predicted octanol–water partition coefficient (Wildman–Crippen LogP) is 4.35. The normalized spacial score (nSPS) is 15.7. The van der Waals surface area contributed by atoms with E-state index in [1.165, 1.54) is 6.07 Å². The molecular formula is C25H25N3O5. The lowest BCUT2D eigenvalue weighted by Crippen LogP contribution is -2.43. The number of nitro groups is 1. The van der Waals surface area contributed by atoms with Crippen molar-refractivity contribution in [2.45, 2.75) is 19.1 Å². The van der Waals surface area contributed by atoms with Crippen molar-refractivity contribution >= 4 is 17.3 Å². The zero-order chi connectivity index (χ0) is 23.4. The van der Waals surface area contributed by atoms with Crippen molar-refractivity contribution in [3.05, 3.63) is 94.0 Å². The van der Waals surface area contributed by atoms with E-state index in [1.807, 2.05) is 66.5 Å². The molecule has 1 heterocycles. The highest BCUT2D eigenvalue weighted by Crippen LogP contribution is 2.32. The van der Waals surface area contributed by atoms with Gasteiger partial charge in [0.1, 0.15) is 24.4 Å². The van der Waals surface area contributed by atoms with E-state index in [9.17, 15) is 14.9 Å². The van der Waals surface area contributed by atoms with Gasteiger partial charge in [0.15, 0.2) is 11.5 Å². The molecule has 8 heteroatoms. The fraction of sp³-hybridized carbons (Fsp3) is 0.240. The van der Waals surface area contributed by atoms with Gasteiger partial charge in [0, 0.05) is 12.6 Å². The van der Waals surface area contributed by atoms with Crippen molar-refractivity contribution in [3.63, 3.8) is 0 Å². The highest BCUT2D eigenvalue weighted by molar-refractivity contribution is 5.97. The molecule has 4 rings (SSSR count). The monoisotopic (exact) mass is 447 g/mol. The van der Waals surface area contributed by atoms with Gasteiger partial charge >= 0.3 is 0 Å². The van der Waals surface area contributed by atoms with Gasteiger partial charge in [0.05, 0.1) is 4.92 Å². The van der Waals surface area contributed by atoms with Gasteiger partial charge in [-0.05, 0) is 43.3 Å². The summed E-state index contributed by atoms with van der Waals surface area (Å²) in [5, 5.41) is 14.3. The van der Waals surface area contributed by atoms with E-state index >= 15 is 0 Å². The fourth-order valence-electron chi connectivity index (χ4n) is 3.92. The first kappa shape index (κ1) is 22.3. The number of fused-ring (bicyclic) bond motifs is 1. The number of amides is 1. The summed E-state index contributed by atoms with van der Waals surface area (Å²) in [6.45, 7) is 2.54. The molecule has 3 aromatic carbocycles. The Morgan fingerprint density at radius 3 is 2.55 bits per heavy atom. The molecule has 1 amide bonds. The average molecular weight is 447 g/mol. The molecule has 0 radical (unpaired) electrons. The van der Waals surface area contributed by atoms with Crippen LogP contribution in [0.25, 0.3) is 0 Å². The van der Waals surface area contributed by atoms with Crippen molar-refractivity contribution in [2.75, 3.05) is 25.5 Å². The molecule has 2 unspecified atom stereocenters. The third-order valence-electron chi connectivity index (χ3n) is 5.47. The van der Waals surface area contributed by atoms with Gasteiger partial charge in [-0.3, -0.25) is 19.8 Å². The van der Waals surface area contributed by atoms with Crippen LogP contribution in [-0.4, -0.2) is 42.0 Å². The molecular weight excluding hydrogens is 422 g/mol.